The highest BCUT2D eigenvalue weighted by Crippen LogP contribution is 1.84. The summed E-state index contributed by atoms with van der Waals surface area (Å²) in [6.07, 6.45) is 0. The number of nitrogens with zero attached hydrogens (tertiary/aromatic N) is 1. The predicted molar refractivity (Wildman–Crippen MR) is 47.9 cm³/mol. The number of primary amides is 1. The molecule has 0 aromatic rings. The molecule has 0 heterocycles. The first-order chi connectivity index (χ1) is 6.56. The van der Waals surface area contributed by atoms with Crippen LogP contribution in [-0.2, 0) is 14.4 Å². The number of nitrogens with two attached hydrogens (primary N) is 2. The van der Waals surface area contributed by atoms with Crippen LogP contribution in [0.2, 0.25) is 0 Å². The topological polar surface area (TPSA) is 123 Å². The van der Waals surface area contributed by atoms with Crippen LogP contribution in [0.5, 0.6) is 0 Å². The van der Waals surface area contributed by atoms with E-state index in [0.717, 1.165) is 0 Å². The summed E-state index contributed by atoms with van der Waals surface area (Å²) < 4.78 is 0. The summed E-state index contributed by atoms with van der Waals surface area (Å²) in [6, 6.07) is 0. The average molecular weight is 205 g/mol. The molecule has 8 nitrogen and oxygen atoms in total. The Hall–Kier alpha value is -1.22. The number of carbonyl (C=O) groups is 2. The van der Waals surface area contributed by atoms with E-state index in [4.69, 9.17) is 11.6 Å². The Kier molecular flexibility index (Phi) is 6.58. The highest BCUT2D eigenvalue weighted by atomic mass is 16.7. The summed E-state index contributed by atoms with van der Waals surface area (Å²) >= 11 is 0. The summed E-state index contributed by atoms with van der Waals surface area (Å²) in [7, 11) is 0. The molecule has 0 atom stereocenters. The number of hydrazine groups is 1. The van der Waals surface area contributed by atoms with Gasteiger partial charge in [0.2, 0.25) is 11.8 Å². The lowest BCUT2D eigenvalue weighted by Gasteiger charge is -2.19. The van der Waals surface area contributed by atoms with Gasteiger partial charge >= 0.3 is 0 Å². The van der Waals surface area contributed by atoms with E-state index in [1.54, 1.807) is 0 Å². The van der Waals surface area contributed by atoms with Gasteiger partial charge in [0.15, 0.2) is 0 Å². The molecule has 0 aromatic heterocycles. The van der Waals surface area contributed by atoms with Gasteiger partial charge in [-0.3, -0.25) is 19.3 Å². The number of carbonyl (C=O) groups excluding carboxylic acids is 2. The Morgan fingerprint density at radius 1 is 1.50 bits per heavy atom. The molecule has 0 aliphatic heterocycles. The molecule has 0 aliphatic rings. The number of hydrogen-bond donors (Lipinski definition) is 4. The van der Waals surface area contributed by atoms with E-state index >= 15 is 0 Å². The fraction of sp³-hybridized carbons (Fsp3) is 0.667. The molecule has 0 spiro atoms. The van der Waals surface area contributed by atoms with Crippen LogP contribution in [-0.4, -0.2) is 36.7 Å². The fourth-order valence-corrected chi connectivity index (χ4v) is 0.719. The molecule has 8 heteroatoms. The van der Waals surface area contributed by atoms with Gasteiger partial charge in [-0.2, -0.15) is 0 Å². The third-order valence-electron chi connectivity index (χ3n) is 1.26. The van der Waals surface area contributed by atoms with Crippen molar-refractivity contribution in [3.63, 3.8) is 0 Å². The smallest absolute Gasteiger partial charge is 0.231 e. The van der Waals surface area contributed by atoms with Crippen LogP contribution >= 0.6 is 0 Å². The lowest BCUT2D eigenvalue weighted by Crippen LogP contribution is -2.44. The first-order valence-corrected chi connectivity index (χ1v) is 3.88. The Morgan fingerprint density at radius 2 is 2.14 bits per heavy atom. The highest BCUT2D eigenvalue weighted by Gasteiger charge is 2.08. The van der Waals surface area contributed by atoms with Crippen molar-refractivity contribution in [3.8, 4) is 0 Å². The van der Waals surface area contributed by atoms with E-state index < -0.39 is 5.91 Å². The lowest BCUT2D eigenvalue weighted by atomic mass is 10.5. The summed E-state index contributed by atoms with van der Waals surface area (Å²) in [5.41, 5.74) is 6.92. The number of rotatable bonds is 7. The average Bonchev–Trinajstić information content (AvgIpc) is 2.09. The van der Waals surface area contributed by atoms with Crippen molar-refractivity contribution in [2.75, 3.05) is 19.9 Å². The maximum absolute atomic E-state index is 10.6. The largest absolute Gasteiger partial charge is 0.369 e. The predicted octanol–water partition coefficient (Wildman–Crippen LogP) is -2.78. The van der Waals surface area contributed by atoms with E-state index in [0.29, 0.717) is 0 Å². The molecule has 0 fully saturated rings. The van der Waals surface area contributed by atoms with E-state index in [1.807, 2.05) is 5.59 Å². The van der Waals surface area contributed by atoms with Crippen LogP contribution < -0.4 is 22.5 Å². The number of amides is 2. The van der Waals surface area contributed by atoms with Gasteiger partial charge in [-0.25, -0.2) is 5.84 Å². The zero-order valence-corrected chi connectivity index (χ0v) is 7.95. The molecular formula is C6H15N5O3. The van der Waals surface area contributed by atoms with Crippen LogP contribution in [0.3, 0.4) is 0 Å². The molecule has 2 amide bonds. The second-order valence-electron chi connectivity index (χ2n) is 2.58. The van der Waals surface area contributed by atoms with Gasteiger partial charge in [-0.15, -0.1) is 5.59 Å². The molecule has 0 saturated carbocycles. The highest BCUT2D eigenvalue weighted by molar-refractivity contribution is 5.76. The van der Waals surface area contributed by atoms with Crippen molar-refractivity contribution in [1.29, 1.82) is 0 Å². The minimum Gasteiger partial charge on any atom is -0.369 e. The van der Waals surface area contributed by atoms with Gasteiger partial charge in [0.05, 0.1) is 13.2 Å². The van der Waals surface area contributed by atoms with E-state index in [9.17, 15) is 9.59 Å². The third kappa shape index (κ3) is 7.43. The molecule has 6 N–H and O–H groups in total. The molecule has 0 unspecified atom stereocenters. The number of nitrogens with one attached hydrogen (secondary N) is 2. The van der Waals surface area contributed by atoms with E-state index in [1.165, 1.54) is 11.8 Å². The van der Waals surface area contributed by atoms with Gasteiger partial charge in [0.25, 0.3) is 0 Å². The van der Waals surface area contributed by atoms with Crippen LogP contribution in [0.1, 0.15) is 6.92 Å². The molecule has 0 bridgehead atoms. The zero-order valence-electron chi connectivity index (χ0n) is 7.95. The summed E-state index contributed by atoms with van der Waals surface area (Å²) in [6.45, 7) is 1.55. The Balaban J connectivity index is 3.83. The monoisotopic (exact) mass is 205 g/mol. The summed E-state index contributed by atoms with van der Waals surface area (Å²) in [5.74, 6) is 4.14. The molecule has 0 aromatic carbocycles. The van der Waals surface area contributed by atoms with Crippen molar-refractivity contribution in [1.82, 2.24) is 15.8 Å². The first-order valence-electron chi connectivity index (χ1n) is 3.88. The molecule has 14 heavy (non-hydrogen) atoms. The fourth-order valence-electron chi connectivity index (χ4n) is 0.719. The van der Waals surface area contributed by atoms with Crippen molar-refractivity contribution in [2.45, 2.75) is 6.92 Å². The van der Waals surface area contributed by atoms with Crippen molar-refractivity contribution in [2.24, 2.45) is 11.6 Å². The molecule has 0 rings (SSSR count). The maximum atomic E-state index is 10.6. The minimum atomic E-state index is -0.518. The Bertz CT molecular complexity index is 198. The molecule has 0 radical (unpaired) electrons. The summed E-state index contributed by atoms with van der Waals surface area (Å²) in [4.78, 5) is 27.2. The van der Waals surface area contributed by atoms with Gasteiger partial charge < -0.3 is 11.1 Å². The number of hydrogen-bond acceptors (Lipinski definition) is 6. The van der Waals surface area contributed by atoms with Crippen molar-refractivity contribution >= 4 is 11.8 Å². The zero-order chi connectivity index (χ0) is 11.0. The SMILES string of the molecule is CC(=O)NCN(CONN)CC(N)=O. The van der Waals surface area contributed by atoms with Crippen LogP contribution in [0, 0.1) is 0 Å². The maximum Gasteiger partial charge on any atom is 0.231 e. The standard InChI is InChI=1S/C6H15N5O3/c1-5(12)9-3-11(2-6(7)13)4-14-10-8/h10H,2-4,8H2,1H3,(H2,7,13)(H,9,12). The van der Waals surface area contributed by atoms with Gasteiger partial charge in [0, 0.05) is 6.92 Å². The van der Waals surface area contributed by atoms with E-state index in [2.05, 4.69) is 10.2 Å². The normalized spacial score (nSPS) is 10.2. The molecule has 0 saturated heterocycles. The first kappa shape index (κ1) is 12.8. The van der Waals surface area contributed by atoms with Crippen LogP contribution in [0.15, 0.2) is 0 Å². The molecular weight excluding hydrogens is 190 g/mol. The lowest BCUT2D eigenvalue weighted by molar-refractivity contribution is -0.125. The summed E-state index contributed by atoms with van der Waals surface area (Å²) in [5, 5.41) is 2.49. The second kappa shape index (κ2) is 7.21. The van der Waals surface area contributed by atoms with Crippen molar-refractivity contribution in [3.05, 3.63) is 0 Å². The molecule has 82 valence electrons. The van der Waals surface area contributed by atoms with Crippen molar-refractivity contribution < 1.29 is 14.4 Å². The van der Waals surface area contributed by atoms with Crippen LogP contribution in [0.25, 0.3) is 0 Å². The van der Waals surface area contributed by atoms with Gasteiger partial charge in [0.1, 0.15) is 6.73 Å². The van der Waals surface area contributed by atoms with E-state index in [-0.39, 0.29) is 25.9 Å². The Morgan fingerprint density at radius 3 is 2.57 bits per heavy atom. The van der Waals surface area contributed by atoms with Crippen LogP contribution in [0.4, 0.5) is 0 Å². The molecule has 0 aliphatic carbocycles. The third-order valence-corrected chi connectivity index (χ3v) is 1.26. The quantitative estimate of drug-likeness (QED) is 0.202. The van der Waals surface area contributed by atoms with Gasteiger partial charge in [-0.1, -0.05) is 0 Å². The second-order valence-corrected chi connectivity index (χ2v) is 2.58. The Labute approximate surface area is 81.5 Å². The minimum absolute atomic E-state index is 0.0258. The van der Waals surface area contributed by atoms with Gasteiger partial charge in [-0.05, 0) is 0 Å².